The molecule has 10 nitrogen and oxygen atoms in total. The van der Waals surface area contributed by atoms with E-state index in [1.807, 2.05) is 72.8 Å². The Balaban J connectivity index is 1.16. The van der Waals surface area contributed by atoms with Crippen molar-refractivity contribution in [2.75, 3.05) is 38.8 Å². The number of esters is 1. The molecule has 2 N–H and O–H groups in total. The van der Waals surface area contributed by atoms with Crippen LogP contribution in [0.2, 0.25) is 0 Å². The number of methoxy groups -OCH3 is 1. The van der Waals surface area contributed by atoms with Gasteiger partial charge >= 0.3 is 12.0 Å². The van der Waals surface area contributed by atoms with Gasteiger partial charge in [0.2, 0.25) is 5.91 Å². The molecule has 0 radical (unpaired) electrons. The number of benzene rings is 3. The number of amides is 3. The summed E-state index contributed by atoms with van der Waals surface area (Å²) in [5.74, 6) is -0.152. The fourth-order valence-electron chi connectivity index (χ4n) is 6.66. The zero-order chi connectivity index (χ0) is 34.3. The second-order valence-corrected chi connectivity index (χ2v) is 12.9. The lowest BCUT2D eigenvalue weighted by Gasteiger charge is -2.34. The van der Waals surface area contributed by atoms with E-state index in [-0.39, 0.29) is 17.7 Å². The van der Waals surface area contributed by atoms with Gasteiger partial charge in [-0.25, -0.2) is 9.59 Å². The summed E-state index contributed by atoms with van der Waals surface area (Å²) in [7, 11) is 1.34. The number of hydrogen-bond donors (Lipinski definition) is 2. The minimum absolute atomic E-state index is 0.0299. The van der Waals surface area contributed by atoms with Gasteiger partial charge in [0, 0.05) is 37.4 Å². The second kappa shape index (κ2) is 19.0. The summed E-state index contributed by atoms with van der Waals surface area (Å²) in [5.41, 5.74) is 2.72. The number of likely N-dealkylation sites (tertiary alicyclic amines) is 1. The molecule has 1 aliphatic carbocycles. The molecule has 262 valence electrons. The zero-order valence-corrected chi connectivity index (χ0v) is 28.4. The number of ether oxygens (including phenoxy) is 4. The van der Waals surface area contributed by atoms with Gasteiger partial charge in [-0.15, -0.1) is 0 Å². The second-order valence-electron chi connectivity index (χ2n) is 12.9. The molecule has 1 saturated carbocycles. The van der Waals surface area contributed by atoms with Crippen molar-refractivity contribution >= 4 is 23.6 Å². The van der Waals surface area contributed by atoms with Gasteiger partial charge in [0.25, 0.3) is 0 Å². The Morgan fingerprint density at radius 3 is 2.24 bits per heavy atom. The van der Waals surface area contributed by atoms with Crippen LogP contribution in [0.25, 0.3) is 0 Å². The number of anilines is 1. The van der Waals surface area contributed by atoms with Gasteiger partial charge in [-0.2, -0.15) is 0 Å². The van der Waals surface area contributed by atoms with E-state index >= 15 is 0 Å². The SMILES string of the molecule is COC(=O)[C@@H]1C[C@@H](COCCCOCc2ccccc2)CN1C(=O)[C@@H](NC(=O)Nc1cccc(OCc2ccccc2)c1)C1CCCCC1. The number of carbonyl (C=O) groups excluding carboxylic acids is 3. The number of nitrogens with zero attached hydrogens (tertiary/aromatic N) is 1. The van der Waals surface area contributed by atoms with Crippen molar-refractivity contribution in [2.45, 2.75) is 70.2 Å². The largest absolute Gasteiger partial charge is 0.489 e. The van der Waals surface area contributed by atoms with Crippen LogP contribution in [0.3, 0.4) is 0 Å². The third kappa shape index (κ3) is 11.1. The maximum absolute atomic E-state index is 14.2. The molecule has 3 aromatic carbocycles. The van der Waals surface area contributed by atoms with E-state index < -0.39 is 24.1 Å². The van der Waals surface area contributed by atoms with Gasteiger partial charge < -0.3 is 34.5 Å². The molecular weight excluding hydrogens is 622 g/mol. The standard InChI is InChI=1S/C39H49N3O7/c1-46-38(44)35-23-31(27-48-22-12-21-47-26-29-13-5-2-6-14-29)25-42(35)37(43)36(32-17-9-4-10-18-32)41-39(45)40-33-19-11-20-34(24-33)49-28-30-15-7-3-8-16-30/h2-3,5-8,11,13-16,19-20,24,31-32,35-36H,4,9-10,12,17-18,21-23,25-28H2,1H3,(H2,40,41,45)/t31-,35+,36+/m1/s1. The van der Waals surface area contributed by atoms with Gasteiger partial charge in [0.05, 0.1) is 20.3 Å². The molecule has 3 aromatic rings. The molecule has 5 rings (SSSR count). The van der Waals surface area contributed by atoms with Crippen LogP contribution in [0.5, 0.6) is 5.75 Å². The van der Waals surface area contributed by atoms with Crippen molar-refractivity contribution in [3.8, 4) is 5.75 Å². The molecule has 1 heterocycles. The molecule has 0 bridgehead atoms. The highest BCUT2D eigenvalue weighted by molar-refractivity contribution is 5.95. The summed E-state index contributed by atoms with van der Waals surface area (Å²) >= 11 is 0. The molecule has 2 aliphatic rings. The quantitative estimate of drug-likeness (QED) is 0.135. The van der Waals surface area contributed by atoms with Gasteiger partial charge in [-0.3, -0.25) is 4.79 Å². The molecule has 0 spiro atoms. The Bertz CT molecular complexity index is 1470. The Hall–Kier alpha value is -4.41. The Kier molecular flexibility index (Phi) is 13.9. The molecule has 1 saturated heterocycles. The molecule has 3 atom stereocenters. The number of hydrogen-bond acceptors (Lipinski definition) is 7. The lowest BCUT2D eigenvalue weighted by atomic mass is 9.83. The first-order valence-corrected chi connectivity index (χ1v) is 17.4. The van der Waals surface area contributed by atoms with Crippen molar-refractivity contribution in [3.05, 3.63) is 96.1 Å². The zero-order valence-electron chi connectivity index (χ0n) is 28.4. The van der Waals surface area contributed by atoms with E-state index in [1.165, 1.54) is 7.11 Å². The summed E-state index contributed by atoms with van der Waals surface area (Å²) in [6.07, 6.45) is 5.93. The molecule has 0 unspecified atom stereocenters. The summed E-state index contributed by atoms with van der Waals surface area (Å²) < 4.78 is 22.7. The highest BCUT2D eigenvalue weighted by Crippen LogP contribution is 2.31. The van der Waals surface area contributed by atoms with Crippen molar-refractivity contribution < 1.29 is 33.3 Å². The monoisotopic (exact) mass is 671 g/mol. The Morgan fingerprint density at radius 1 is 0.837 bits per heavy atom. The Morgan fingerprint density at radius 2 is 1.53 bits per heavy atom. The molecule has 10 heteroatoms. The van der Waals surface area contributed by atoms with E-state index in [1.54, 1.807) is 17.0 Å². The van der Waals surface area contributed by atoms with Crippen molar-refractivity contribution in [2.24, 2.45) is 11.8 Å². The first-order chi connectivity index (χ1) is 24.0. The van der Waals surface area contributed by atoms with E-state index in [2.05, 4.69) is 10.6 Å². The van der Waals surface area contributed by atoms with E-state index in [9.17, 15) is 14.4 Å². The van der Waals surface area contributed by atoms with Crippen molar-refractivity contribution in [3.63, 3.8) is 0 Å². The average Bonchev–Trinajstić information content (AvgIpc) is 3.57. The molecular formula is C39H49N3O7. The van der Waals surface area contributed by atoms with Crippen molar-refractivity contribution in [1.82, 2.24) is 10.2 Å². The van der Waals surface area contributed by atoms with Gasteiger partial charge in [0.15, 0.2) is 0 Å². The number of urea groups is 1. The molecule has 1 aliphatic heterocycles. The van der Waals surface area contributed by atoms with Crippen LogP contribution in [0, 0.1) is 11.8 Å². The third-order valence-corrected chi connectivity index (χ3v) is 9.20. The Labute approximate surface area is 289 Å². The van der Waals surface area contributed by atoms with Crippen LogP contribution in [0.4, 0.5) is 10.5 Å². The van der Waals surface area contributed by atoms with Gasteiger partial charge in [0.1, 0.15) is 24.4 Å². The predicted molar refractivity (Wildman–Crippen MR) is 187 cm³/mol. The first kappa shape index (κ1) is 35.9. The van der Waals surface area contributed by atoms with Crippen LogP contribution in [-0.4, -0.2) is 68.4 Å². The van der Waals surface area contributed by atoms with E-state index in [4.69, 9.17) is 18.9 Å². The normalized spacial score (nSPS) is 18.4. The van der Waals surface area contributed by atoms with Gasteiger partial charge in [-0.05, 0) is 54.9 Å². The maximum atomic E-state index is 14.2. The molecule has 3 amide bonds. The lowest BCUT2D eigenvalue weighted by Crippen LogP contribution is -2.55. The smallest absolute Gasteiger partial charge is 0.328 e. The number of rotatable bonds is 16. The maximum Gasteiger partial charge on any atom is 0.328 e. The number of nitrogens with one attached hydrogen (secondary N) is 2. The first-order valence-electron chi connectivity index (χ1n) is 17.4. The fraction of sp³-hybridized carbons (Fsp3) is 0.462. The lowest BCUT2D eigenvalue weighted by molar-refractivity contribution is -0.152. The molecule has 0 aromatic heterocycles. The van der Waals surface area contributed by atoms with E-state index in [0.29, 0.717) is 57.4 Å². The molecule has 2 fully saturated rings. The average molecular weight is 672 g/mol. The summed E-state index contributed by atoms with van der Waals surface area (Å²) in [6.45, 7) is 2.84. The third-order valence-electron chi connectivity index (χ3n) is 9.20. The number of carbonyl (C=O) groups is 3. The molecule has 49 heavy (non-hydrogen) atoms. The summed E-state index contributed by atoms with van der Waals surface area (Å²) in [5, 5.41) is 5.87. The fourth-order valence-corrected chi connectivity index (χ4v) is 6.66. The van der Waals surface area contributed by atoms with Crippen LogP contribution in [0.15, 0.2) is 84.9 Å². The van der Waals surface area contributed by atoms with Crippen molar-refractivity contribution in [1.29, 1.82) is 0 Å². The van der Waals surface area contributed by atoms with Crippen LogP contribution >= 0.6 is 0 Å². The van der Waals surface area contributed by atoms with Crippen LogP contribution < -0.4 is 15.4 Å². The van der Waals surface area contributed by atoms with Crippen LogP contribution in [0.1, 0.15) is 56.1 Å². The minimum atomic E-state index is -0.772. The highest BCUT2D eigenvalue weighted by atomic mass is 16.5. The topological polar surface area (TPSA) is 115 Å². The minimum Gasteiger partial charge on any atom is -0.489 e. The van der Waals surface area contributed by atoms with E-state index in [0.717, 1.165) is 49.7 Å². The van der Waals surface area contributed by atoms with Gasteiger partial charge in [-0.1, -0.05) is 86.0 Å². The van der Waals surface area contributed by atoms with Crippen LogP contribution in [-0.2, 0) is 37.0 Å². The highest BCUT2D eigenvalue weighted by Gasteiger charge is 2.44. The summed E-state index contributed by atoms with van der Waals surface area (Å²) in [4.78, 5) is 42.1. The summed E-state index contributed by atoms with van der Waals surface area (Å²) in [6, 6.07) is 25.1. The predicted octanol–water partition coefficient (Wildman–Crippen LogP) is 6.35.